The molecular formula is C13H14O. The average molecular weight is 186 g/mol. The Bertz CT molecular complexity index is 358. The fourth-order valence-electron chi connectivity index (χ4n) is 1.68. The Hall–Kier alpha value is -1.37. The van der Waals surface area contributed by atoms with Crippen molar-refractivity contribution in [2.75, 3.05) is 0 Å². The molecule has 1 aliphatic carbocycles. The Balaban J connectivity index is 2.32. The molecule has 0 aliphatic heterocycles. The molecule has 0 amide bonds. The van der Waals surface area contributed by atoms with Crippen molar-refractivity contribution in [1.29, 1.82) is 0 Å². The van der Waals surface area contributed by atoms with E-state index in [0.717, 1.165) is 0 Å². The molecule has 0 aromatic heterocycles. The maximum Gasteiger partial charge on any atom is 0.152 e. The molecule has 1 saturated carbocycles. The number of hydrogen-bond donors (Lipinski definition) is 0. The maximum absolute atomic E-state index is 11.1. The minimum absolute atomic E-state index is 0.149. The van der Waals surface area contributed by atoms with E-state index in [4.69, 9.17) is 0 Å². The summed E-state index contributed by atoms with van der Waals surface area (Å²) >= 11 is 0. The van der Waals surface area contributed by atoms with Crippen LogP contribution in [0.2, 0.25) is 0 Å². The third-order valence-electron chi connectivity index (χ3n) is 2.48. The van der Waals surface area contributed by atoms with Gasteiger partial charge in [-0.25, -0.2) is 0 Å². The van der Waals surface area contributed by atoms with E-state index in [9.17, 15) is 4.79 Å². The smallest absolute Gasteiger partial charge is 0.152 e. The zero-order valence-corrected chi connectivity index (χ0v) is 8.36. The molecule has 0 N–H and O–H groups in total. The second-order valence-corrected chi connectivity index (χ2v) is 3.85. The van der Waals surface area contributed by atoms with Crippen LogP contribution in [0.15, 0.2) is 36.4 Å². The summed E-state index contributed by atoms with van der Waals surface area (Å²) in [6.45, 7) is 1.62. The summed E-state index contributed by atoms with van der Waals surface area (Å²) in [7, 11) is 0. The Morgan fingerprint density at radius 2 is 1.93 bits per heavy atom. The lowest BCUT2D eigenvalue weighted by Crippen LogP contribution is -1.91. The van der Waals surface area contributed by atoms with Crippen molar-refractivity contribution in [1.82, 2.24) is 0 Å². The number of rotatable bonds is 3. The molecule has 1 aromatic carbocycles. The zero-order chi connectivity index (χ0) is 9.97. The standard InChI is InChI=1S/C13H14O/c1-10(14)9-13(12-7-8-12)11-5-3-2-4-6-11/h2-6,9,12H,7-8H2,1H3. The first-order valence-corrected chi connectivity index (χ1v) is 5.05. The quantitative estimate of drug-likeness (QED) is 0.663. The minimum Gasteiger partial charge on any atom is -0.295 e. The minimum atomic E-state index is 0.149. The summed E-state index contributed by atoms with van der Waals surface area (Å²) in [6, 6.07) is 10.2. The summed E-state index contributed by atoms with van der Waals surface area (Å²) in [4.78, 5) is 11.1. The molecule has 0 bridgehead atoms. The highest BCUT2D eigenvalue weighted by atomic mass is 16.1. The Morgan fingerprint density at radius 1 is 1.29 bits per heavy atom. The molecule has 1 aliphatic rings. The maximum atomic E-state index is 11.1. The van der Waals surface area contributed by atoms with E-state index < -0.39 is 0 Å². The van der Waals surface area contributed by atoms with Crippen LogP contribution >= 0.6 is 0 Å². The van der Waals surface area contributed by atoms with Crippen LogP contribution in [-0.4, -0.2) is 5.78 Å². The number of carbonyl (C=O) groups excluding carboxylic acids is 1. The van der Waals surface area contributed by atoms with E-state index in [0.29, 0.717) is 5.92 Å². The summed E-state index contributed by atoms with van der Waals surface area (Å²) in [5, 5.41) is 0. The molecule has 0 atom stereocenters. The third kappa shape index (κ3) is 2.11. The Labute approximate surface area is 84.5 Å². The van der Waals surface area contributed by atoms with Gasteiger partial charge < -0.3 is 0 Å². The van der Waals surface area contributed by atoms with Crippen LogP contribution in [0.25, 0.3) is 5.57 Å². The average Bonchev–Trinajstić information content (AvgIpc) is 2.99. The highest BCUT2D eigenvalue weighted by molar-refractivity contribution is 5.95. The van der Waals surface area contributed by atoms with E-state index in [-0.39, 0.29) is 5.78 Å². The van der Waals surface area contributed by atoms with Crippen molar-refractivity contribution >= 4 is 11.4 Å². The molecule has 1 aromatic rings. The lowest BCUT2D eigenvalue weighted by atomic mass is 10.0. The van der Waals surface area contributed by atoms with E-state index >= 15 is 0 Å². The van der Waals surface area contributed by atoms with Crippen LogP contribution in [0.4, 0.5) is 0 Å². The van der Waals surface area contributed by atoms with Gasteiger partial charge in [0.15, 0.2) is 5.78 Å². The van der Waals surface area contributed by atoms with Crippen molar-refractivity contribution < 1.29 is 4.79 Å². The second-order valence-electron chi connectivity index (χ2n) is 3.85. The molecule has 14 heavy (non-hydrogen) atoms. The molecule has 0 spiro atoms. The van der Waals surface area contributed by atoms with E-state index in [1.54, 1.807) is 13.0 Å². The Morgan fingerprint density at radius 3 is 2.43 bits per heavy atom. The van der Waals surface area contributed by atoms with Crippen LogP contribution in [0.5, 0.6) is 0 Å². The lowest BCUT2D eigenvalue weighted by Gasteiger charge is -2.04. The van der Waals surface area contributed by atoms with Crippen LogP contribution in [0.3, 0.4) is 0 Å². The fraction of sp³-hybridized carbons (Fsp3) is 0.308. The molecule has 2 rings (SSSR count). The summed E-state index contributed by atoms with van der Waals surface area (Å²) in [6.07, 6.45) is 4.25. The molecule has 1 heteroatoms. The van der Waals surface area contributed by atoms with E-state index in [1.807, 2.05) is 18.2 Å². The molecule has 1 fully saturated rings. The first kappa shape index (κ1) is 9.20. The lowest BCUT2D eigenvalue weighted by molar-refractivity contribution is -0.112. The van der Waals surface area contributed by atoms with Gasteiger partial charge in [-0.2, -0.15) is 0 Å². The van der Waals surface area contributed by atoms with Gasteiger partial charge in [-0.05, 0) is 42.9 Å². The molecule has 0 radical (unpaired) electrons. The van der Waals surface area contributed by atoms with Crippen molar-refractivity contribution in [3.05, 3.63) is 42.0 Å². The van der Waals surface area contributed by atoms with Gasteiger partial charge in [-0.3, -0.25) is 4.79 Å². The largest absolute Gasteiger partial charge is 0.295 e. The number of benzene rings is 1. The number of carbonyl (C=O) groups is 1. The van der Waals surface area contributed by atoms with Crippen molar-refractivity contribution in [2.45, 2.75) is 19.8 Å². The molecular weight excluding hydrogens is 172 g/mol. The Kier molecular flexibility index (Phi) is 2.49. The molecule has 72 valence electrons. The number of ketones is 1. The predicted octanol–water partition coefficient (Wildman–Crippen LogP) is 3.07. The third-order valence-corrected chi connectivity index (χ3v) is 2.48. The normalized spacial score (nSPS) is 16.8. The van der Waals surface area contributed by atoms with Gasteiger partial charge in [0.05, 0.1) is 0 Å². The van der Waals surface area contributed by atoms with Gasteiger partial charge in [0.2, 0.25) is 0 Å². The summed E-state index contributed by atoms with van der Waals surface area (Å²) in [5.41, 5.74) is 2.42. The first-order chi connectivity index (χ1) is 6.77. The monoisotopic (exact) mass is 186 g/mol. The zero-order valence-electron chi connectivity index (χ0n) is 8.36. The van der Waals surface area contributed by atoms with Crippen LogP contribution in [-0.2, 0) is 4.79 Å². The second kappa shape index (κ2) is 3.79. The first-order valence-electron chi connectivity index (χ1n) is 5.05. The highest BCUT2D eigenvalue weighted by Gasteiger charge is 2.26. The van der Waals surface area contributed by atoms with Gasteiger partial charge in [-0.1, -0.05) is 30.3 Å². The van der Waals surface area contributed by atoms with E-state index in [1.165, 1.54) is 24.0 Å². The highest BCUT2D eigenvalue weighted by Crippen LogP contribution is 2.41. The predicted molar refractivity (Wildman–Crippen MR) is 57.8 cm³/mol. The van der Waals surface area contributed by atoms with Crippen LogP contribution in [0, 0.1) is 5.92 Å². The van der Waals surface area contributed by atoms with Crippen molar-refractivity contribution in [2.24, 2.45) is 5.92 Å². The van der Waals surface area contributed by atoms with Gasteiger partial charge in [-0.15, -0.1) is 0 Å². The van der Waals surface area contributed by atoms with Gasteiger partial charge in [0, 0.05) is 0 Å². The van der Waals surface area contributed by atoms with E-state index in [2.05, 4.69) is 12.1 Å². The van der Waals surface area contributed by atoms with Gasteiger partial charge in [0.1, 0.15) is 0 Å². The SMILES string of the molecule is CC(=O)C=C(c1ccccc1)C1CC1. The molecule has 0 saturated heterocycles. The van der Waals surface area contributed by atoms with Gasteiger partial charge in [0.25, 0.3) is 0 Å². The van der Waals surface area contributed by atoms with Gasteiger partial charge >= 0.3 is 0 Å². The summed E-state index contributed by atoms with van der Waals surface area (Å²) in [5.74, 6) is 0.775. The molecule has 1 nitrogen and oxygen atoms in total. The number of allylic oxidation sites excluding steroid dienone is 2. The number of hydrogen-bond acceptors (Lipinski definition) is 1. The van der Waals surface area contributed by atoms with Crippen molar-refractivity contribution in [3.63, 3.8) is 0 Å². The molecule has 0 unspecified atom stereocenters. The fourth-order valence-corrected chi connectivity index (χ4v) is 1.68. The van der Waals surface area contributed by atoms with Crippen LogP contribution in [0.1, 0.15) is 25.3 Å². The molecule has 0 heterocycles. The topological polar surface area (TPSA) is 17.1 Å². The summed E-state index contributed by atoms with van der Waals surface area (Å²) < 4.78 is 0. The van der Waals surface area contributed by atoms with Crippen LogP contribution < -0.4 is 0 Å². The van der Waals surface area contributed by atoms with Crippen molar-refractivity contribution in [3.8, 4) is 0 Å².